The first-order chi connectivity index (χ1) is 12.9. The van der Waals surface area contributed by atoms with Crippen molar-refractivity contribution in [1.29, 1.82) is 0 Å². The topological polar surface area (TPSA) is 81.5 Å². The van der Waals surface area contributed by atoms with Crippen LogP contribution in [0.1, 0.15) is 22.8 Å². The number of nitrogens with one attached hydrogen (secondary N) is 1. The van der Waals surface area contributed by atoms with Gasteiger partial charge in [0.2, 0.25) is 0 Å². The molecule has 0 atom stereocenters. The number of carbonyl (C=O) groups excluding carboxylic acids is 1. The number of ketones is 1. The highest BCUT2D eigenvalue weighted by atomic mass is 32.1. The first kappa shape index (κ1) is 18.6. The van der Waals surface area contributed by atoms with Gasteiger partial charge in [0.15, 0.2) is 5.78 Å². The van der Waals surface area contributed by atoms with Gasteiger partial charge in [0, 0.05) is 22.7 Å². The fourth-order valence-corrected chi connectivity index (χ4v) is 4.12. The van der Waals surface area contributed by atoms with Crippen molar-refractivity contribution < 1.29 is 14.5 Å². The minimum Gasteiger partial charge on any atom is -0.497 e. The number of hydrogen-bond donors (Lipinski definition) is 1. The van der Waals surface area contributed by atoms with Crippen molar-refractivity contribution in [3.8, 4) is 16.2 Å². The molecule has 3 rings (SSSR count). The Bertz CT molecular complexity index is 992. The van der Waals surface area contributed by atoms with E-state index in [4.69, 9.17) is 4.74 Å². The van der Waals surface area contributed by atoms with Crippen LogP contribution in [0.25, 0.3) is 10.4 Å². The summed E-state index contributed by atoms with van der Waals surface area (Å²) < 4.78 is 5.16. The van der Waals surface area contributed by atoms with Gasteiger partial charge >= 0.3 is 0 Å². The molecule has 0 saturated heterocycles. The third kappa shape index (κ3) is 3.83. The summed E-state index contributed by atoms with van der Waals surface area (Å²) in [7, 11) is 1.61. The molecular formula is C20H18N2O4S. The first-order valence-corrected chi connectivity index (χ1v) is 9.02. The molecule has 1 aromatic heterocycles. The van der Waals surface area contributed by atoms with Gasteiger partial charge < -0.3 is 10.1 Å². The minimum absolute atomic E-state index is 0.0343. The monoisotopic (exact) mass is 382 g/mol. The number of thiophene rings is 1. The molecule has 0 aliphatic rings. The molecule has 0 unspecified atom stereocenters. The third-order valence-electron chi connectivity index (χ3n) is 4.19. The number of hydrogen-bond acceptors (Lipinski definition) is 6. The fraction of sp³-hybridized carbons (Fsp3) is 0.150. The summed E-state index contributed by atoms with van der Waals surface area (Å²) in [6.07, 6.45) is 0. The molecule has 0 saturated carbocycles. The van der Waals surface area contributed by atoms with Gasteiger partial charge in [-0.1, -0.05) is 0 Å². The van der Waals surface area contributed by atoms with Gasteiger partial charge in [0.05, 0.1) is 17.6 Å². The molecule has 27 heavy (non-hydrogen) atoms. The summed E-state index contributed by atoms with van der Waals surface area (Å²) >= 11 is 1.45. The molecule has 2 aromatic carbocycles. The van der Waals surface area contributed by atoms with Gasteiger partial charge in [-0.25, -0.2) is 0 Å². The van der Waals surface area contributed by atoms with E-state index in [-0.39, 0.29) is 11.5 Å². The Hall–Kier alpha value is -3.19. The summed E-state index contributed by atoms with van der Waals surface area (Å²) in [5.41, 5.74) is 3.21. The average molecular weight is 382 g/mol. The van der Waals surface area contributed by atoms with Crippen molar-refractivity contribution in [2.75, 3.05) is 12.4 Å². The lowest BCUT2D eigenvalue weighted by molar-refractivity contribution is -0.384. The second-order valence-corrected chi connectivity index (χ2v) is 6.99. The zero-order valence-electron chi connectivity index (χ0n) is 15.1. The number of non-ortho nitro benzene ring substituents is 1. The zero-order valence-corrected chi connectivity index (χ0v) is 15.9. The van der Waals surface area contributed by atoms with E-state index in [0.717, 1.165) is 32.4 Å². The van der Waals surface area contributed by atoms with E-state index < -0.39 is 4.92 Å². The van der Waals surface area contributed by atoms with Gasteiger partial charge in [-0.05, 0) is 61.4 Å². The van der Waals surface area contributed by atoms with Gasteiger partial charge in [0.1, 0.15) is 10.8 Å². The van der Waals surface area contributed by atoms with Crippen LogP contribution in [0.5, 0.6) is 5.75 Å². The highest BCUT2D eigenvalue weighted by Gasteiger charge is 2.20. The Morgan fingerprint density at radius 3 is 2.26 bits per heavy atom. The number of anilines is 2. The average Bonchev–Trinajstić information content (AvgIpc) is 2.98. The van der Waals surface area contributed by atoms with Crippen LogP contribution >= 0.6 is 11.3 Å². The van der Waals surface area contributed by atoms with Crippen molar-refractivity contribution in [3.05, 3.63) is 69.8 Å². The van der Waals surface area contributed by atoms with Crippen molar-refractivity contribution >= 4 is 33.5 Å². The summed E-state index contributed by atoms with van der Waals surface area (Å²) in [5, 5.41) is 14.9. The number of nitrogens with zero attached hydrogens (tertiary/aromatic N) is 1. The van der Waals surface area contributed by atoms with E-state index in [1.165, 1.54) is 30.4 Å². The molecule has 7 heteroatoms. The Labute approximate surface area is 160 Å². The summed E-state index contributed by atoms with van der Waals surface area (Å²) in [6.45, 7) is 3.43. The van der Waals surface area contributed by atoms with E-state index in [9.17, 15) is 14.9 Å². The molecule has 1 N–H and O–H groups in total. The predicted octanol–water partition coefficient (Wildman–Crippen LogP) is 5.59. The molecule has 0 spiro atoms. The van der Waals surface area contributed by atoms with E-state index in [0.29, 0.717) is 5.56 Å². The molecule has 3 aromatic rings. The number of nitro groups is 1. The van der Waals surface area contributed by atoms with Crippen LogP contribution < -0.4 is 10.1 Å². The third-order valence-corrected chi connectivity index (χ3v) is 5.44. The SMILES string of the molecule is COc1ccc(Nc2sc(-c3ccc([N+](=O)[O-])cc3)c(C)c2C(C)=O)cc1. The molecule has 0 aliphatic carbocycles. The lowest BCUT2D eigenvalue weighted by atomic mass is 10.0. The van der Waals surface area contributed by atoms with Crippen LogP contribution in [-0.2, 0) is 0 Å². The second-order valence-electron chi connectivity index (χ2n) is 5.97. The number of methoxy groups -OCH3 is 1. The highest BCUT2D eigenvalue weighted by Crippen LogP contribution is 2.41. The van der Waals surface area contributed by atoms with Crippen LogP contribution in [-0.4, -0.2) is 17.8 Å². The number of rotatable bonds is 6. The number of nitro benzene ring substituents is 1. The number of Topliss-reactive ketones (excluding diaryl/α,β-unsaturated/α-hetero) is 1. The molecule has 0 fully saturated rings. The number of ether oxygens (including phenoxy) is 1. The second kappa shape index (κ2) is 7.59. The molecule has 6 nitrogen and oxygen atoms in total. The van der Waals surface area contributed by atoms with Gasteiger partial charge in [-0.15, -0.1) is 11.3 Å². The molecule has 0 bridgehead atoms. The van der Waals surface area contributed by atoms with E-state index >= 15 is 0 Å². The Morgan fingerprint density at radius 2 is 1.74 bits per heavy atom. The normalized spacial score (nSPS) is 10.5. The smallest absolute Gasteiger partial charge is 0.269 e. The van der Waals surface area contributed by atoms with Gasteiger partial charge in [0.25, 0.3) is 5.69 Å². The van der Waals surface area contributed by atoms with Crippen molar-refractivity contribution in [2.24, 2.45) is 0 Å². The maximum absolute atomic E-state index is 12.2. The standard InChI is InChI=1S/C20H18N2O4S/c1-12-18(13(2)23)20(21-15-6-10-17(26-3)11-7-15)27-19(12)14-4-8-16(9-5-14)22(24)25/h4-11,21H,1-3H3. The van der Waals surface area contributed by atoms with E-state index in [1.807, 2.05) is 31.2 Å². The summed E-state index contributed by atoms with van der Waals surface area (Å²) in [6, 6.07) is 13.8. The van der Waals surface area contributed by atoms with Crippen LogP contribution in [0, 0.1) is 17.0 Å². The molecule has 1 heterocycles. The molecule has 0 radical (unpaired) electrons. The number of benzene rings is 2. The predicted molar refractivity (Wildman–Crippen MR) is 107 cm³/mol. The molecule has 138 valence electrons. The quantitative estimate of drug-likeness (QED) is 0.341. The van der Waals surface area contributed by atoms with Crippen LogP contribution in [0.3, 0.4) is 0 Å². The Balaban J connectivity index is 2.00. The first-order valence-electron chi connectivity index (χ1n) is 8.21. The van der Waals surface area contributed by atoms with Crippen molar-refractivity contribution in [1.82, 2.24) is 0 Å². The minimum atomic E-state index is -0.428. The van der Waals surface area contributed by atoms with Gasteiger partial charge in [-0.2, -0.15) is 0 Å². The summed E-state index contributed by atoms with van der Waals surface area (Å²) in [4.78, 5) is 23.6. The lowest BCUT2D eigenvalue weighted by Crippen LogP contribution is -1.98. The molecular weight excluding hydrogens is 364 g/mol. The Morgan fingerprint density at radius 1 is 1.11 bits per heavy atom. The fourth-order valence-electron chi connectivity index (χ4n) is 2.84. The molecule has 0 aliphatic heterocycles. The summed E-state index contributed by atoms with van der Waals surface area (Å²) in [5.74, 6) is 0.717. The maximum Gasteiger partial charge on any atom is 0.269 e. The highest BCUT2D eigenvalue weighted by molar-refractivity contribution is 7.20. The van der Waals surface area contributed by atoms with Gasteiger partial charge in [-0.3, -0.25) is 14.9 Å². The number of carbonyl (C=O) groups is 1. The Kier molecular flexibility index (Phi) is 5.23. The largest absolute Gasteiger partial charge is 0.497 e. The maximum atomic E-state index is 12.2. The van der Waals surface area contributed by atoms with Crippen LogP contribution in [0.2, 0.25) is 0 Å². The zero-order chi connectivity index (χ0) is 19.6. The van der Waals surface area contributed by atoms with E-state index in [1.54, 1.807) is 19.2 Å². The lowest BCUT2D eigenvalue weighted by Gasteiger charge is -2.07. The van der Waals surface area contributed by atoms with E-state index in [2.05, 4.69) is 5.32 Å². The van der Waals surface area contributed by atoms with Crippen molar-refractivity contribution in [3.63, 3.8) is 0 Å². The molecule has 0 amide bonds. The van der Waals surface area contributed by atoms with Crippen LogP contribution in [0.15, 0.2) is 48.5 Å². The van der Waals surface area contributed by atoms with Crippen LogP contribution in [0.4, 0.5) is 16.4 Å². The van der Waals surface area contributed by atoms with Crippen molar-refractivity contribution in [2.45, 2.75) is 13.8 Å².